The van der Waals surface area contributed by atoms with Crippen molar-refractivity contribution in [3.8, 4) is 11.5 Å². The maximum atomic E-state index is 12.1. The molecule has 2 aromatic rings. The lowest BCUT2D eigenvalue weighted by atomic mass is 9.88. The number of nitrogens with one attached hydrogen (secondary N) is 1. The zero-order valence-electron chi connectivity index (χ0n) is 17.8. The number of hydrogen-bond acceptors (Lipinski definition) is 5. The summed E-state index contributed by atoms with van der Waals surface area (Å²) in [6, 6.07) is 11.0. The first-order valence-corrected chi connectivity index (χ1v) is 9.95. The van der Waals surface area contributed by atoms with Crippen molar-refractivity contribution in [2.75, 3.05) is 25.7 Å². The minimum atomic E-state index is -0.385. The lowest BCUT2D eigenvalue weighted by molar-refractivity contribution is -0.123. The quantitative estimate of drug-likeness (QED) is 0.544. The Morgan fingerprint density at radius 3 is 2.67 bits per heavy atom. The molecule has 0 spiro atoms. The summed E-state index contributed by atoms with van der Waals surface area (Å²) in [5.74, 6) is 0.668. The number of allylic oxidation sites excluding steroid dienone is 1. The summed E-state index contributed by atoms with van der Waals surface area (Å²) in [5.41, 5.74) is 6.42. The third-order valence-electron chi connectivity index (χ3n) is 5.16. The second-order valence-corrected chi connectivity index (χ2v) is 8.07. The number of halogens is 1. The van der Waals surface area contributed by atoms with E-state index in [1.54, 1.807) is 25.3 Å². The van der Waals surface area contributed by atoms with Gasteiger partial charge in [-0.2, -0.15) is 5.10 Å². The normalized spacial score (nSPS) is 14.9. The van der Waals surface area contributed by atoms with Gasteiger partial charge in [0.25, 0.3) is 5.91 Å². The van der Waals surface area contributed by atoms with Crippen molar-refractivity contribution < 1.29 is 14.3 Å². The predicted octanol–water partition coefficient (Wildman–Crippen LogP) is 4.51. The van der Waals surface area contributed by atoms with E-state index in [-0.39, 0.29) is 18.1 Å². The number of hydrazone groups is 1. The minimum Gasteiger partial charge on any atom is -0.493 e. The van der Waals surface area contributed by atoms with Crippen LogP contribution in [0.2, 0.25) is 5.02 Å². The van der Waals surface area contributed by atoms with E-state index in [1.165, 1.54) is 11.8 Å². The topological polar surface area (TPSA) is 63.2 Å². The first-order valence-electron chi connectivity index (χ1n) is 9.58. The van der Waals surface area contributed by atoms with E-state index in [0.29, 0.717) is 16.5 Å². The Morgan fingerprint density at radius 2 is 1.97 bits per heavy atom. The Bertz CT molecular complexity index is 1010. The molecule has 158 valence electrons. The number of fused-ring (bicyclic) bond motifs is 1. The van der Waals surface area contributed by atoms with E-state index in [9.17, 15) is 4.79 Å². The Kier molecular flexibility index (Phi) is 6.37. The van der Waals surface area contributed by atoms with E-state index < -0.39 is 0 Å². The second-order valence-electron chi connectivity index (χ2n) is 7.66. The van der Waals surface area contributed by atoms with E-state index >= 15 is 0 Å². The lowest BCUT2D eigenvalue weighted by Gasteiger charge is -2.40. The number of hydrogen-bond donors (Lipinski definition) is 1. The molecule has 1 aliphatic heterocycles. The van der Waals surface area contributed by atoms with E-state index in [2.05, 4.69) is 42.3 Å². The number of likely N-dealkylation sites (N-methyl/N-ethyl adjacent to an activating group) is 1. The summed E-state index contributed by atoms with van der Waals surface area (Å²) in [7, 11) is 3.60. The van der Waals surface area contributed by atoms with Gasteiger partial charge in [0.05, 0.1) is 23.9 Å². The van der Waals surface area contributed by atoms with Crippen LogP contribution >= 0.6 is 11.6 Å². The molecular formula is C23H26ClN3O3. The van der Waals surface area contributed by atoms with Gasteiger partial charge in [-0.05, 0) is 50.6 Å². The van der Waals surface area contributed by atoms with Gasteiger partial charge >= 0.3 is 0 Å². The molecule has 7 heteroatoms. The van der Waals surface area contributed by atoms with E-state index in [1.807, 2.05) is 25.2 Å². The van der Waals surface area contributed by atoms with Crippen LogP contribution < -0.4 is 19.8 Å². The minimum absolute atomic E-state index is 0.0918. The number of methoxy groups -OCH3 is 1. The molecule has 6 nitrogen and oxygen atoms in total. The van der Waals surface area contributed by atoms with Crippen LogP contribution in [-0.2, 0) is 4.79 Å². The highest BCUT2D eigenvalue weighted by molar-refractivity contribution is 6.33. The van der Waals surface area contributed by atoms with Crippen LogP contribution in [0.4, 0.5) is 5.69 Å². The largest absolute Gasteiger partial charge is 0.493 e. The molecule has 0 unspecified atom stereocenters. The molecule has 2 aromatic carbocycles. The van der Waals surface area contributed by atoms with Crippen LogP contribution in [0.15, 0.2) is 47.6 Å². The maximum Gasteiger partial charge on any atom is 0.277 e. The molecule has 0 saturated carbocycles. The van der Waals surface area contributed by atoms with E-state index in [0.717, 1.165) is 16.8 Å². The average Bonchev–Trinajstić information content (AvgIpc) is 2.71. The summed E-state index contributed by atoms with van der Waals surface area (Å²) in [4.78, 5) is 14.2. The summed E-state index contributed by atoms with van der Waals surface area (Å²) in [6.07, 6.45) is 3.76. The van der Waals surface area contributed by atoms with Crippen LogP contribution in [0.5, 0.6) is 11.5 Å². The molecule has 1 aliphatic rings. The first kappa shape index (κ1) is 21.7. The van der Waals surface area contributed by atoms with Crippen LogP contribution in [0.25, 0.3) is 5.57 Å². The number of ether oxygens (including phenoxy) is 2. The van der Waals surface area contributed by atoms with Gasteiger partial charge in [0.15, 0.2) is 18.1 Å². The van der Waals surface area contributed by atoms with E-state index in [4.69, 9.17) is 21.1 Å². The Hall–Kier alpha value is -2.99. The smallest absolute Gasteiger partial charge is 0.277 e. The highest BCUT2D eigenvalue weighted by Gasteiger charge is 2.29. The standard InChI is InChI=1S/C23H26ClN3O3/c1-15-12-23(2,3)27(4)19-11-18(24)16(10-17(15)19)13-25-26-22(28)14-30-21-9-7-6-8-20(21)29-5/h6-13H,14H2,1-5H3,(H,26,28)/b25-13+. The van der Waals surface area contributed by atoms with Gasteiger partial charge in [-0.25, -0.2) is 5.43 Å². The summed E-state index contributed by atoms with van der Waals surface area (Å²) < 4.78 is 10.7. The van der Waals surface area contributed by atoms with Gasteiger partial charge < -0.3 is 14.4 Å². The molecule has 0 radical (unpaired) electrons. The summed E-state index contributed by atoms with van der Waals surface area (Å²) in [6.45, 7) is 6.22. The van der Waals surface area contributed by atoms with Gasteiger partial charge in [0.2, 0.25) is 0 Å². The predicted molar refractivity (Wildman–Crippen MR) is 122 cm³/mol. The molecule has 0 aliphatic carbocycles. The number of carbonyl (C=O) groups excluding carboxylic acids is 1. The molecule has 0 aromatic heterocycles. The van der Waals surface area contributed by atoms with Crippen molar-refractivity contribution in [1.29, 1.82) is 0 Å². The highest BCUT2D eigenvalue weighted by Crippen LogP contribution is 2.40. The molecular weight excluding hydrogens is 402 g/mol. The number of rotatable bonds is 6. The van der Waals surface area contributed by atoms with Crippen LogP contribution in [0, 0.1) is 0 Å². The molecule has 0 fully saturated rings. The first-order chi connectivity index (χ1) is 14.2. The molecule has 0 saturated heterocycles. The third-order valence-corrected chi connectivity index (χ3v) is 5.48. The Morgan fingerprint density at radius 1 is 1.27 bits per heavy atom. The molecule has 1 N–H and O–H groups in total. The number of carbonyl (C=O) groups is 1. The monoisotopic (exact) mass is 427 g/mol. The molecule has 0 atom stereocenters. The van der Waals surface area contributed by atoms with Gasteiger partial charge in [-0.1, -0.05) is 29.8 Å². The number of benzene rings is 2. The van der Waals surface area contributed by atoms with Crippen LogP contribution in [0.1, 0.15) is 31.9 Å². The highest BCUT2D eigenvalue weighted by atomic mass is 35.5. The second kappa shape index (κ2) is 8.79. The molecule has 1 amide bonds. The van der Waals surface area contributed by atoms with Crippen molar-refractivity contribution in [2.24, 2.45) is 5.10 Å². The van der Waals surface area contributed by atoms with Crippen LogP contribution in [0.3, 0.4) is 0 Å². The molecule has 3 rings (SSSR count). The third kappa shape index (κ3) is 4.60. The average molecular weight is 428 g/mol. The Balaban J connectivity index is 1.67. The number of amides is 1. The fourth-order valence-corrected chi connectivity index (χ4v) is 3.58. The zero-order valence-corrected chi connectivity index (χ0v) is 18.6. The fourth-order valence-electron chi connectivity index (χ4n) is 3.37. The van der Waals surface area contributed by atoms with Crippen molar-refractivity contribution in [1.82, 2.24) is 5.43 Å². The van der Waals surface area contributed by atoms with Crippen molar-refractivity contribution >= 4 is 35.0 Å². The SMILES string of the molecule is COc1ccccc1OCC(=O)N/N=C/c1cc2c(cc1Cl)N(C)C(C)(C)C=C2C. The Labute approximate surface area is 182 Å². The number of para-hydroxylation sites is 2. The van der Waals surface area contributed by atoms with Crippen molar-refractivity contribution in [2.45, 2.75) is 26.3 Å². The maximum absolute atomic E-state index is 12.1. The number of nitrogens with zero attached hydrogens (tertiary/aromatic N) is 2. The van der Waals surface area contributed by atoms with Crippen LogP contribution in [-0.4, -0.2) is 38.4 Å². The molecule has 1 heterocycles. The van der Waals surface area contributed by atoms with Gasteiger partial charge in [-0.3, -0.25) is 4.79 Å². The zero-order chi connectivity index (χ0) is 21.9. The van der Waals surface area contributed by atoms with Crippen molar-refractivity contribution in [3.05, 3.63) is 58.6 Å². The molecule has 30 heavy (non-hydrogen) atoms. The fraction of sp³-hybridized carbons (Fsp3) is 0.304. The van der Waals surface area contributed by atoms with Gasteiger partial charge in [-0.15, -0.1) is 0 Å². The molecule has 0 bridgehead atoms. The number of anilines is 1. The van der Waals surface area contributed by atoms with Gasteiger partial charge in [0, 0.05) is 23.9 Å². The summed E-state index contributed by atoms with van der Waals surface area (Å²) in [5, 5.41) is 4.59. The summed E-state index contributed by atoms with van der Waals surface area (Å²) >= 11 is 6.47. The lowest BCUT2D eigenvalue weighted by Crippen LogP contribution is -2.42. The van der Waals surface area contributed by atoms with Gasteiger partial charge in [0.1, 0.15) is 0 Å². The van der Waals surface area contributed by atoms with Crippen molar-refractivity contribution in [3.63, 3.8) is 0 Å².